The third kappa shape index (κ3) is 2.83. The van der Waals surface area contributed by atoms with Crippen LogP contribution in [0.4, 0.5) is 4.79 Å². The molecular weight excluding hydrogens is 282 g/mol. The molecule has 0 aliphatic carbocycles. The van der Waals surface area contributed by atoms with Crippen LogP contribution in [0.25, 0.3) is 6.08 Å². The summed E-state index contributed by atoms with van der Waals surface area (Å²) in [4.78, 5) is 34.9. The maximum Gasteiger partial charge on any atom is 0.323 e. The first kappa shape index (κ1) is 14.1. The molecule has 2 amide bonds. The van der Waals surface area contributed by atoms with E-state index in [-0.39, 0.29) is 10.7 Å². The van der Waals surface area contributed by atoms with Crippen LogP contribution in [0.15, 0.2) is 23.1 Å². The summed E-state index contributed by atoms with van der Waals surface area (Å²) >= 11 is 0.701. The number of phenolic OH excluding ortho intramolecular Hbond substituents is 1. The number of rotatable bonds is 3. The molecule has 104 valence electrons. The summed E-state index contributed by atoms with van der Waals surface area (Å²) in [6, 6.07) is 4.76. The van der Waals surface area contributed by atoms with Crippen molar-refractivity contribution < 1.29 is 24.6 Å². The van der Waals surface area contributed by atoms with Gasteiger partial charge in [-0.05, 0) is 48.0 Å². The Kier molecular flexibility index (Phi) is 3.80. The van der Waals surface area contributed by atoms with Crippen molar-refractivity contribution in [2.24, 2.45) is 0 Å². The Morgan fingerprint density at radius 3 is 2.70 bits per heavy atom. The molecular formula is C13H11NO5S. The molecule has 1 saturated heterocycles. The Balaban J connectivity index is 2.27. The molecule has 1 aliphatic heterocycles. The average Bonchev–Trinajstić information content (AvgIpc) is 2.61. The summed E-state index contributed by atoms with van der Waals surface area (Å²) in [6.45, 7) is 1.07. The van der Waals surface area contributed by atoms with E-state index in [0.29, 0.717) is 27.8 Å². The minimum atomic E-state index is -1.24. The van der Waals surface area contributed by atoms with Gasteiger partial charge in [-0.25, -0.2) is 0 Å². The van der Waals surface area contributed by atoms with E-state index in [1.54, 1.807) is 19.1 Å². The number of nitrogens with zero attached hydrogens (tertiary/aromatic N) is 1. The van der Waals surface area contributed by atoms with Gasteiger partial charge in [0.1, 0.15) is 12.3 Å². The van der Waals surface area contributed by atoms with Crippen molar-refractivity contribution in [3.63, 3.8) is 0 Å². The number of carbonyl (C=O) groups is 3. The standard InChI is InChI=1S/C13H11NO5S/c1-7-4-8(2-3-9(7)15)5-10-12(18)14(6-11(16)17)13(19)20-10/h2-5,15H,6H2,1H3,(H,16,17)/b10-5-. The van der Waals surface area contributed by atoms with E-state index in [1.807, 2.05) is 0 Å². The number of carboxylic acids is 1. The number of aryl methyl sites for hydroxylation is 1. The van der Waals surface area contributed by atoms with Gasteiger partial charge in [0.25, 0.3) is 11.1 Å². The molecule has 0 saturated carbocycles. The molecule has 0 spiro atoms. The normalized spacial score (nSPS) is 17.1. The van der Waals surface area contributed by atoms with Crippen LogP contribution in [-0.4, -0.2) is 38.8 Å². The molecule has 6 nitrogen and oxygen atoms in total. The second-order valence-electron chi connectivity index (χ2n) is 4.21. The van der Waals surface area contributed by atoms with E-state index in [9.17, 15) is 19.5 Å². The number of hydrogen-bond donors (Lipinski definition) is 2. The summed E-state index contributed by atoms with van der Waals surface area (Å²) in [5.74, 6) is -1.72. The summed E-state index contributed by atoms with van der Waals surface area (Å²) < 4.78 is 0. The summed E-state index contributed by atoms with van der Waals surface area (Å²) in [7, 11) is 0. The van der Waals surface area contributed by atoms with Gasteiger partial charge in [-0.1, -0.05) is 6.07 Å². The Hall–Kier alpha value is -2.28. The first-order chi connectivity index (χ1) is 9.38. The van der Waals surface area contributed by atoms with E-state index in [4.69, 9.17) is 5.11 Å². The number of amides is 2. The largest absolute Gasteiger partial charge is 0.508 e. The maximum absolute atomic E-state index is 11.9. The van der Waals surface area contributed by atoms with Crippen molar-refractivity contribution in [1.29, 1.82) is 0 Å². The predicted molar refractivity (Wildman–Crippen MR) is 73.2 cm³/mol. The molecule has 2 N–H and O–H groups in total. The molecule has 20 heavy (non-hydrogen) atoms. The van der Waals surface area contributed by atoms with Crippen molar-refractivity contribution in [3.05, 3.63) is 34.2 Å². The fourth-order valence-corrected chi connectivity index (χ4v) is 2.53. The molecule has 0 radical (unpaired) electrons. The molecule has 7 heteroatoms. The van der Waals surface area contributed by atoms with Crippen molar-refractivity contribution in [2.45, 2.75) is 6.92 Å². The van der Waals surface area contributed by atoms with Gasteiger partial charge >= 0.3 is 5.97 Å². The summed E-state index contributed by atoms with van der Waals surface area (Å²) in [5.41, 5.74) is 1.30. The smallest absolute Gasteiger partial charge is 0.323 e. The van der Waals surface area contributed by atoms with E-state index in [2.05, 4.69) is 0 Å². The molecule has 2 rings (SSSR count). The zero-order valence-electron chi connectivity index (χ0n) is 10.5. The summed E-state index contributed by atoms with van der Waals surface area (Å²) in [5, 5.41) is 17.5. The molecule has 1 aromatic rings. The molecule has 1 fully saturated rings. The SMILES string of the molecule is Cc1cc(/C=C2\SC(=O)N(CC(=O)O)C2=O)ccc1O. The minimum absolute atomic E-state index is 0.140. The van der Waals surface area contributed by atoms with Crippen LogP contribution in [0, 0.1) is 6.92 Å². The van der Waals surface area contributed by atoms with E-state index < -0.39 is 23.7 Å². The second-order valence-corrected chi connectivity index (χ2v) is 5.20. The monoisotopic (exact) mass is 293 g/mol. The number of benzene rings is 1. The number of thioether (sulfide) groups is 1. The predicted octanol–water partition coefficient (Wildman–Crippen LogP) is 1.82. The highest BCUT2D eigenvalue weighted by Gasteiger charge is 2.36. The van der Waals surface area contributed by atoms with Gasteiger partial charge in [0.05, 0.1) is 4.91 Å². The highest BCUT2D eigenvalue weighted by atomic mass is 32.2. The van der Waals surface area contributed by atoms with Gasteiger partial charge in [-0.3, -0.25) is 19.3 Å². The van der Waals surface area contributed by atoms with Crippen LogP contribution in [0.5, 0.6) is 5.75 Å². The molecule has 0 aromatic heterocycles. The average molecular weight is 293 g/mol. The zero-order chi connectivity index (χ0) is 14.9. The van der Waals surface area contributed by atoms with Crippen LogP contribution in [0.2, 0.25) is 0 Å². The Morgan fingerprint density at radius 2 is 2.10 bits per heavy atom. The number of phenols is 1. The Bertz CT molecular complexity index is 638. The first-order valence-electron chi connectivity index (χ1n) is 5.65. The highest BCUT2D eigenvalue weighted by Crippen LogP contribution is 2.32. The lowest BCUT2D eigenvalue weighted by Gasteiger charge is -2.07. The zero-order valence-corrected chi connectivity index (χ0v) is 11.3. The third-order valence-corrected chi connectivity index (χ3v) is 3.59. The number of aromatic hydroxyl groups is 1. The van der Waals surface area contributed by atoms with E-state index >= 15 is 0 Å². The summed E-state index contributed by atoms with van der Waals surface area (Å²) in [6.07, 6.45) is 1.50. The van der Waals surface area contributed by atoms with Crippen LogP contribution in [0.1, 0.15) is 11.1 Å². The van der Waals surface area contributed by atoms with Gasteiger partial charge in [0.15, 0.2) is 0 Å². The number of carboxylic acid groups (broad SMARTS) is 1. The molecule has 1 aliphatic rings. The Morgan fingerprint density at radius 1 is 1.40 bits per heavy atom. The number of carbonyl (C=O) groups excluding carboxylic acids is 2. The maximum atomic E-state index is 11.9. The number of imide groups is 1. The van der Waals surface area contributed by atoms with Gasteiger partial charge in [0.2, 0.25) is 0 Å². The van der Waals surface area contributed by atoms with Crippen LogP contribution in [-0.2, 0) is 9.59 Å². The topological polar surface area (TPSA) is 94.9 Å². The van der Waals surface area contributed by atoms with Gasteiger partial charge in [-0.15, -0.1) is 0 Å². The van der Waals surface area contributed by atoms with Gasteiger partial charge in [-0.2, -0.15) is 0 Å². The minimum Gasteiger partial charge on any atom is -0.508 e. The molecule has 0 bridgehead atoms. The number of aliphatic carboxylic acids is 1. The quantitative estimate of drug-likeness (QED) is 0.825. The van der Waals surface area contributed by atoms with E-state index in [1.165, 1.54) is 12.1 Å². The van der Waals surface area contributed by atoms with E-state index in [0.717, 1.165) is 0 Å². The van der Waals surface area contributed by atoms with Crippen molar-refractivity contribution >= 4 is 35.0 Å². The molecule has 1 heterocycles. The van der Waals surface area contributed by atoms with Gasteiger partial charge < -0.3 is 10.2 Å². The highest BCUT2D eigenvalue weighted by molar-refractivity contribution is 8.18. The first-order valence-corrected chi connectivity index (χ1v) is 6.47. The van der Waals surface area contributed by atoms with Crippen LogP contribution >= 0.6 is 11.8 Å². The van der Waals surface area contributed by atoms with Crippen molar-refractivity contribution in [1.82, 2.24) is 4.90 Å². The fraction of sp³-hybridized carbons (Fsp3) is 0.154. The third-order valence-electron chi connectivity index (χ3n) is 2.69. The van der Waals surface area contributed by atoms with Crippen molar-refractivity contribution in [3.8, 4) is 5.75 Å². The fourth-order valence-electron chi connectivity index (χ4n) is 1.69. The lowest BCUT2D eigenvalue weighted by Crippen LogP contribution is -2.33. The molecule has 0 unspecified atom stereocenters. The molecule has 1 aromatic carbocycles. The van der Waals surface area contributed by atoms with Crippen LogP contribution in [0.3, 0.4) is 0 Å². The molecule has 0 atom stereocenters. The lowest BCUT2D eigenvalue weighted by atomic mass is 10.1. The van der Waals surface area contributed by atoms with Crippen LogP contribution < -0.4 is 0 Å². The second kappa shape index (κ2) is 5.38. The van der Waals surface area contributed by atoms with Crippen molar-refractivity contribution in [2.75, 3.05) is 6.54 Å². The number of hydrogen-bond acceptors (Lipinski definition) is 5. The van der Waals surface area contributed by atoms with Gasteiger partial charge in [0, 0.05) is 0 Å². The Labute approximate surface area is 118 Å². The lowest BCUT2D eigenvalue weighted by molar-refractivity contribution is -0.140.